The van der Waals surface area contributed by atoms with Crippen LogP contribution < -0.4 is 10.0 Å². The minimum atomic E-state index is -4.00. The molecule has 1 saturated heterocycles. The van der Waals surface area contributed by atoms with Crippen LogP contribution in [0.4, 0.5) is 10.1 Å². The van der Waals surface area contributed by atoms with Gasteiger partial charge in [-0.05, 0) is 24.6 Å². The lowest BCUT2D eigenvalue weighted by Gasteiger charge is -2.36. The van der Waals surface area contributed by atoms with Crippen LogP contribution in [-0.4, -0.2) is 36.2 Å². The number of carbonyl (C=O) groups excluding carboxylic acids is 1. The lowest BCUT2D eigenvalue weighted by molar-refractivity contribution is -0.120. The summed E-state index contributed by atoms with van der Waals surface area (Å²) in [5, 5.41) is 4.66. The van der Waals surface area contributed by atoms with Gasteiger partial charge in [-0.25, -0.2) is 9.37 Å². The highest BCUT2D eigenvalue weighted by Crippen LogP contribution is 2.30. The van der Waals surface area contributed by atoms with E-state index in [1.165, 1.54) is 23.5 Å². The van der Waals surface area contributed by atoms with Gasteiger partial charge in [-0.2, -0.15) is 17.4 Å². The van der Waals surface area contributed by atoms with Crippen LogP contribution in [0.25, 0.3) is 0 Å². The Bertz CT molecular complexity index is 992. The minimum Gasteiger partial charge on any atom is -0.325 e. The third kappa shape index (κ3) is 4.28. The molecule has 1 fully saturated rings. The number of carbonyl (C=O) groups is 1. The number of rotatable bonds is 4. The van der Waals surface area contributed by atoms with Crippen molar-refractivity contribution in [2.75, 3.05) is 11.9 Å². The Labute approximate surface area is 164 Å². The Morgan fingerprint density at radius 3 is 2.96 bits per heavy atom. The number of terminal acetylenes is 1. The summed E-state index contributed by atoms with van der Waals surface area (Å²) in [4.78, 5) is 16.9. The Morgan fingerprint density at radius 2 is 2.33 bits per heavy atom. The molecule has 0 spiro atoms. The summed E-state index contributed by atoms with van der Waals surface area (Å²) in [6, 6.07) is 1.96. The molecule has 7 nitrogen and oxygen atoms in total. The van der Waals surface area contributed by atoms with E-state index < -0.39 is 34.0 Å². The molecule has 1 amide bonds. The van der Waals surface area contributed by atoms with Gasteiger partial charge >= 0.3 is 0 Å². The van der Waals surface area contributed by atoms with Gasteiger partial charge in [-0.15, -0.1) is 17.8 Å². The second-order valence-corrected chi connectivity index (χ2v) is 8.65. The average Bonchev–Trinajstić information content (AvgIpc) is 3.14. The van der Waals surface area contributed by atoms with E-state index in [1.807, 2.05) is 0 Å². The van der Waals surface area contributed by atoms with Crippen LogP contribution in [0.1, 0.15) is 17.5 Å². The van der Waals surface area contributed by atoms with Crippen molar-refractivity contribution >= 4 is 44.7 Å². The molecule has 0 bridgehead atoms. The summed E-state index contributed by atoms with van der Waals surface area (Å²) in [6.45, 7) is -0.276. The van der Waals surface area contributed by atoms with Crippen molar-refractivity contribution < 1.29 is 17.6 Å². The maximum Gasteiger partial charge on any atom is 0.281 e. The van der Waals surface area contributed by atoms with Gasteiger partial charge in [-0.3, -0.25) is 4.79 Å². The van der Waals surface area contributed by atoms with Crippen LogP contribution >= 0.6 is 22.9 Å². The zero-order valence-electron chi connectivity index (χ0n) is 13.7. The second kappa shape index (κ2) is 7.92. The highest BCUT2D eigenvalue weighted by atomic mass is 35.5. The largest absolute Gasteiger partial charge is 0.325 e. The highest BCUT2D eigenvalue weighted by molar-refractivity contribution is 7.87. The number of amides is 1. The van der Waals surface area contributed by atoms with Crippen molar-refractivity contribution in [3.05, 3.63) is 45.6 Å². The van der Waals surface area contributed by atoms with Gasteiger partial charge in [0.05, 0.1) is 17.6 Å². The molecular weight excluding hydrogens is 415 g/mol. The van der Waals surface area contributed by atoms with Gasteiger partial charge < -0.3 is 5.32 Å². The number of nitrogens with zero attached hydrogens (tertiary/aromatic N) is 2. The minimum absolute atomic E-state index is 0.134. The third-order valence-corrected chi connectivity index (χ3v) is 6.66. The fraction of sp³-hybridized carbons (Fsp3) is 0.250. The van der Waals surface area contributed by atoms with Crippen molar-refractivity contribution in [2.45, 2.75) is 18.5 Å². The molecule has 1 aliphatic heterocycles. The third-order valence-electron chi connectivity index (χ3n) is 3.89. The molecule has 1 aromatic heterocycles. The molecule has 27 heavy (non-hydrogen) atoms. The zero-order valence-corrected chi connectivity index (χ0v) is 16.1. The van der Waals surface area contributed by atoms with Crippen LogP contribution in [-0.2, 0) is 15.0 Å². The fourth-order valence-electron chi connectivity index (χ4n) is 2.68. The van der Waals surface area contributed by atoms with Gasteiger partial charge in [0.25, 0.3) is 10.2 Å². The summed E-state index contributed by atoms with van der Waals surface area (Å²) in [7, 11) is -4.00. The Morgan fingerprint density at radius 1 is 1.56 bits per heavy atom. The van der Waals surface area contributed by atoms with Crippen LogP contribution in [0.5, 0.6) is 0 Å². The van der Waals surface area contributed by atoms with Crippen molar-refractivity contribution in [1.82, 2.24) is 14.0 Å². The normalized spacial score (nSPS) is 22.1. The van der Waals surface area contributed by atoms with Gasteiger partial charge in [0, 0.05) is 17.3 Å². The predicted molar refractivity (Wildman–Crippen MR) is 101 cm³/mol. The number of anilines is 1. The lowest BCUT2D eigenvalue weighted by Crippen LogP contribution is -2.57. The van der Waals surface area contributed by atoms with E-state index in [9.17, 15) is 17.6 Å². The van der Waals surface area contributed by atoms with Gasteiger partial charge in [-0.1, -0.05) is 17.5 Å². The highest BCUT2D eigenvalue weighted by Gasteiger charge is 2.43. The van der Waals surface area contributed by atoms with E-state index in [-0.39, 0.29) is 23.7 Å². The quantitative estimate of drug-likeness (QED) is 0.730. The summed E-state index contributed by atoms with van der Waals surface area (Å²) in [5.74, 6) is 1.03. The summed E-state index contributed by atoms with van der Waals surface area (Å²) in [5.41, 5.74) is 0.244. The molecule has 2 aromatic rings. The molecule has 11 heteroatoms. The number of hydrogen-bond donors (Lipinski definition) is 2. The number of aromatic nitrogens is 1. The van der Waals surface area contributed by atoms with Crippen molar-refractivity contribution in [2.24, 2.45) is 0 Å². The van der Waals surface area contributed by atoms with Crippen molar-refractivity contribution in [3.8, 4) is 12.3 Å². The molecule has 142 valence electrons. The first-order chi connectivity index (χ1) is 12.8. The summed E-state index contributed by atoms with van der Waals surface area (Å²) in [6.07, 6.45) is 6.96. The molecule has 2 heterocycles. The first-order valence-corrected chi connectivity index (χ1v) is 10.4. The maximum atomic E-state index is 13.3. The molecule has 3 rings (SSSR count). The van der Waals surface area contributed by atoms with Crippen molar-refractivity contribution in [1.29, 1.82) is 0 Å². The number of halogens is 2. The molecule has 1 aliphatic rings. The molecular formula is C16H14ClFN4O3S2. The molecule has 2 N–H and O–H groups in total. The predicted octanol–water partition coefficient (Wildman–Crippen LogP) is 2.16. The van der Waals surface area contributed by atoms with E-state index >= 15 is 0 Å². The first kappa shape index (κ1) is 19.7. The monoisotopic (exact) mass is 428 g/mol. The van der Waals surface area contributed by atoms with E-state index in [1.54, 1.807) is 11.6 Å². The zero-order chi connectivity index (χ0) is 19.6. The maximum absolute atomic E-state index is 13.3. The van der Waals surface area contributed by atoms with Crippen LogP contribution in [0.15, 0.2) is 29.8 Å². The summed E-state index contributed by atoms with van der Waals surface area (Å²) < 4.78 is 41.9. The van der Waals surface area contributed by atoms with E-state index in [0.717, 1.165) is 10.4 Å². The SMILES string of the molecule is C#CCN1C(C(=O)Nc2ccc(F)c(Cl)c2)CC(c2nccs2)NS1(=O)=O. The van der Waals surface area contributed by atoms with Gasteiger partial charge in [0.15, 0.2) is 0 Å². The second-order valence-electron chi connectivity index (χ2n) is 5.66. The number of thiazole rings is 1. The Kier molecular flexibility index (Phi) is 5.78. The summed E-state index contributed by atoms with van der Waals surface area (Å²) >= 11 is 7.00. The molecule has 0 aliphatic carbocycles. The molecule has 1 aromatic carbocycles. The van der Waals surface area contributed by atoms with Crippen LogP contribution in [0, 0.1) is 18.2 Å². The smallest absolute Gasteiger partial charge is 0.281 e. The van der Waals surface area contributed by atoms with Crippen molar-refractivity contribution in [3.63, 3.8) is 0 Å². The number of hydrogen-bond acceptors (Lipinski definition) is 5. The first-order valence-electron chi connectivity index (χ1n) is 7.69. The molecule has 2 unspecified atom stereocenters. The van der Waals surface area contributed by atoms with E-state index in [2.05, 4.69) is 20.9 Å². The Hall–Kier alpha value is -2.03. The van der Waals surface area contributed by atoms with Crippen LogP contribution in [0.3, 0.4) is 0 Å². The lowest BCUT2D eigenvalue weighted by atomic mass is 10.1. The van der Waals surface area contributed by atoms with Crippen LogP contribution in [0.2, 0.25) is 5.02 Å². The molecule has 0 saturated carbocycles. The number of nitrogens with one attached hydrogen (secondary N) is 2. The topological polar surface area (TPSA) is 91.4 Å². The molecule has 0 radical (unpaired) electrons. The standard InChI is InChI=1S/C16H14ClFN4O3S2/c1-2-6-22-14(15(23)20-10-3-4-12(18)11(17)8-10)9-13(21-27(22,24)25)16-19-5-7-26-16/h1,3-5,7-8,13-14,21H,6,9H2,(H,20,23). The van der Waals surface area contributed by atoms with E-state index in [4.69, 9.17) is 18.0 Å². The molecule has 2 atom stereocenters. The Balaban J connectivity index is 1.89. The van der Waals surface area contributed by atoms with Gasteiger partial charge in [0.1, 0.15) is 16.9 Å². The van der Waals surface area contributed by atoms with E-state index in [0.29, 0.717) is 5.01 Å². The fourth-order valence-corrected chi connectivity index (χ4v) is 5.11. The average molecular weight is 429 g/mol. The van der Waals surface area contributed by atoms with Gasteiger partial charge in [0.2, 0.25) is 5.91 Å². The number of benzene rings is 1.